The highest BCUT2D eigenvalue weighted by Crippen LogP contribution is 2.23. The molecular formula is C13H16N2O2. The van der Waals surface area contributed by atoms with Crippen molar-refractivity contribution >= 4 is 6.09 Å². The van der Waals surface area contributed by atoms with E-state index in [9.17, 15) is 4.79 Å². The normalized spacial score (nSPS) is 26.2. The third-order valence-corrected chi connectivity index (χ3v) is 3.55. The number of ether oxygens (including phenoxy) is 1. The molecule has 0 radical (unpaired) electrons. The van der Waals surface area contributed by atoms with Gasteiger partial charge in [-0.15, -0.1) is 0 Å². The number of likely N-dealkylation sites (tertiary alicyclic amines) is 1. The van der Waals surface area contributed by atoms with Crippen molar-refractivity contribution in [1.29, 1.82) is 0 Å². The van der Waals surface area contributed by atoms with Gasteiger partial charge >= 0.3 is 6.09 Å². The molecule has 0 saturated carbocycles. The molecule has 2 fully saturated rings. The summed E-state index contributed by atoms with van der Waals surface area (Å²) in [6.45, 7) is 3.02. The number of carbonyl (C=O) groups excluding carboxylic acids is 1. The van der Waals surface area contributed by atoms with E-state index in [-0.39, 0.29) is 6.09 Å². The second-order valence-electron chi connectivity index (χ2n) is 4.72. The van der Waals surface area contributed by atoms with Gasteiger partial charge in [-0.05, 0) is 5.56 Å². The van der Waals surface area contributed by atoms with Gasteiger partial charge in [0.2, 0.25) is 0 Å². The lowest BCUT2D eigenvalue weighted by molar-refractivity contribution is 0.103. The minimum Gasteiger partial charge on any atom is -0.445 e. The van der Waals surface area contributed by atoms with Crippen LogP contribution >= 0.6 is 0 Å². The smallest absolute Gasteiger partial charge is 0.410 e. The van der Waals surface area contributed by atoms with Crippen LogP contribution in [0.5, 0.6) is 0 Å². The minimum atomic E-state index is -0.190. The summed E-state index contributed by atoms with van der Waals surface area (Å²) in [4.78, 5) is 13.6. The third-order valence-electron chi connectivity index (χ3n) is 3.55. The number of benzene rings is 1. The molecule has 1 aromatic rings. The number of fused-ring (bicyclic) bond motifs is 1. The zero-order chi connectivity index (χ0) is 11.7. The summed E-state index contributed by atoms with van der Waals surface area (Å²) < 4.78 is 5.30. The molecule has 90 valence electrons. The average molecular weight is 232 g/mol. The van der Waals surface area contributed by atoms with Gasteiger partial charge in [0.15, 0.2) is 0 Å². The number of nitrogens with one attached hydrogen (secondary N) is 1. The summed E-state index contributed by atoms with van der Waals surface area (Å²) in [5.74, 6) is 0.638. The van der Waals surface area contributed by atoms with Crippen molar-refractivity contribution in [2.45, 2.75) is 12.6 Å². The number of amides is 1. The summed E-state index contributed by atoms with van der Waals surface area (Å²) in [6.07, 6.45) is -0.190. The molecule has 0 aromatic heterocycles. The number of hydrogen-bond donors (Lipinski definition) is 1. The molecule has 2 aliphatic heterocycles. The Bertz CT molecular complexity index is 395. The van der Waals surface area contributed by atoms with Gasteiger partial charge in [-0.25, -0.2) is 4.79 Å². The van der Waals surface area contributed by atoms with E-state index < -0.39 is 0 Å². The Morgan fingerprint density at radius 1 is 1.35 bits per heavy atom. The van der Waals surface area contributed by atoms with Crippen molar-refractivity contribution in [3.8, 4) is 0 Å². The largest absolute Gasteiger partial charge is 0.445 e. The van der Waals surface area contributed by atoms with Crippen LogP contribution in [0.4, 0.5) is 4.79 Å². The maximum Gasteiger partial charge on any atom is 0.410 e. The van der Waals surface area contributed by atoms with E-state index in [0.717, 1.165) is 25.2 Å². The van der Waals surface area contributed by atoms with Crippen LogP contribution in [0.1, 0.15) is 5.56 Å². The van der Waals surface area contributed by atoms with Crippen molar-refractivity contribution in [2.24, 2.45) is 5.92 Å². The molecule has 2 atom stereocenters. The van der Waals surface area contributed by atoms with Gasteiger partial charge < -0.3 is 15.0 Å². The standard InChI is InChI=1S/C13H16N2O2/c16-13(15-7-11-6-14-12(11)8-15)17-9-10-4-2-1-3-5-10/h1-5,11-12,14H,6-9H2/t11-,12-/m0/s1. The van der Waals surface area contributed by atoms with Crippen LogP contribution in [-0.4, -0.2) is 36.7 Å². The third kappa shape index (κ3) is 2.13. The second-order valence-corrected chi connectivity index (χ2v) is 4.72. The van der Waals surface area contributed by atoms with E-state index in [0.29, 0.717) is 18.6 Å². The van der Waals surface area contributed by atoms with Crippen LogP contribution in [0.3, 0.4) is 0 Å². The fraction of sp³-hybridized carbons (Fsp3) is 0.462. The highest BCUT2D eigenvalue weighted by atomic mass is 16.6. The van der Waals surface area contributed by atoms with Crippen LogP contribution in [0.25, 0.3) is 0 Å². The Balaban J connectivity index is 1.51. The van der Waals surface area contributed by atoms with Crippen LogP contribution < -0.4 is 5.32 Å². The lowest BCUT2D eigenvalue weighted by Crippen LogP contribution is -2.51. The quantitative estimate of drug-likeness (QED) is 0.833. The van der Waals surface area contributed by atoms with E-state index in [1.165, 1.54) is 0 Å². The molecule has 1 amide bonds. The summed E-state index contributed by atoms with van der Waals surface area (Å²) in [7, 11) is 0. The molecule has 1 aromatic carbocycles. The molecule has 0 spiro atoms. The predicted molar refractivity (Wildman–Crippen MR) is 63.5 cm³/mol. The summed E-state index contributed by atoms with van der Waals surface area (Å²) in [6, 6.07) is 10.3. The Hall–Kier alpha value is -1.55. The van der Waals surface area contributed by atoms with Gasteiger partial charge in [0.1, 0.15) is 6.61 Å². The molecule has 0 bridgehead atoms. The van der Waals surface area contributed by atoms with Crippen molar-refractivity contribution in [3.05, 3.63) is 35.9 Å². The molecule has 0 unspecified atom stereocenters. The minimum absolute atomic E-state index is 0.190. The average Bonchev–Trinajstić information content (AvgIpc) is 2.64. The number of carbonyl (C=O) groups is 1. The van der Waals surface area contributed by atoms with Crippen LogP contribution in [0.15, 0.2) is 30.3 Å². The lowest BCUT2D eigenvalue weighted by atomic mass is 9.96. The van der Waals surface area contributed by atoms with Gasteiger partial charge in [-0.3, -0.25) is 0 Å². The van der Waals surface area contributed by atoms with Crippen molar-refractivity contribution in [2.75, 3.05) is 19.6 Å². The Kier molecular flexibility index (Phi) is 2.73. The van der Waals surface area contributed by atoms with Crippen LogP contribution in [0, 0.1) is 5.92 Å². The first kappa shape index (κ1) is 10.6. The van der Waals surface area contributed by atoms with E-state index in [4.69, 9.17) is 4.74 Å². The Morgan fingerprint density at radius 3 is 2.76 bits per heavy atom. The van der Waals surface area contributed by atoms with Gasteiger partial charge in [-0.1, -0.05) is 30.3 Å². The number of hydrogen-bond acceptors (Lipinski definition) is 3. The lowest BCUT2D eigenvalue weighted by Gasteiger charge is -2.29. The molecule has 4 heteroatoms. The molecule has 4 nitrogen and oxygen atoms in total. The first-order valence-electron chi connectivity index (χ1n) is 6.02. The molecule has 3 rings (SSSR count). The molecule has 17 heavy (non-hydrogen) atoms. The highest BCUT2D eigenvalue weighted by Gasteiger charge is 2.41. The van der Waals surface area contributed by atoms with E-state index in [1.807, 2.05) is 30.3 Å². The van der Waals surface area contributed by atoms with Crippen molar-refractivity contribution < 1.29 is 9.53 Å². The van der Waals surface area contributed by atoms with Crippen molar-refractivity contribution in [3.63, 3.8) is 0 Å². The first-order chi connectivity index (χ1) is 8.33. The van der Waals surface area contributed by atoms with Crippen molar-refractivity contribution in [1.82, 2.24) is 10.2 Å². The van der Waals surface area contributed by atoms with Gasteiger partial charge in [-0.2, -0.15) is 0 Å². The number of rotatable bonds is 2. The topological polar surface area (TPSA) is 41.6 Å². The van der Waals surface area contributed by atoms with E-state index >= 15 is 0 Å². The van der Waals surface area contributed by atoms with Gasteiger partial charge in [0, 0.05) is 31.6 Å². The Labute approximate surface area is 101 Å². The Morgan fingerprint density at radius 2 is 2.18 bits per heavy atom. The zero-order valence-corrected chi connectivity index (χ0v) is 9.63. The first-order valence-corrected chi connectivity index (χ1v) is 6.02. The van der Waals surface area contributed by atoms with Gasteiger partial charge in [0.25, 0.3) is 0 Å². The second kappa shape index (κ2) is 4.37. The molecular weight excluding hydrogens is 216 g/mol. The molecule has 2 saturated heterocycles. The van der Waals surface area contributed by atoms with Crippen LogP contribution in [0.2, 0.25) is 0 Å². The monoisotopic (exact) mass is 232 g/mol. The maximum atomic E-state index is 11.8. The summed E-state index contributed by atoms with van der Waals surface area (Å²) in [5.41, 5.74) is 1.03. The summed E-state index contributed by atoms with van der Waals surface area (Å²) >= 11 is 0. The maximum absolute atomic E-state index is 11.8. The molecule has 2 aliphatic rings. The molecule has 1 N–H and O–H groups in total. The fourth-order valence-corrected chi connectivity index (χ4v) is 2.41. The molecule has 2 heterocycles. The highest BCUT2D eigenvalue weighted by molar-refractivity contribution is 5.68. The number of nitrogens with zero attached hydrogens (tertiary/aromatic N) is 1. The molecule has 0 aliphatic carbocycles. The predicted octanol–water partition coefficient (Wildman–Crippen LogP) is 1.23. The summed E-state index contributed by atoms with van der Waals surface area (Å²) in [5, 5.41) is 3.32. The zero-order valence-electron chi connectivity index (χ0n) is 9.63. The fourth-order valence-electron chi connectivity index (χ4n) is 2.41. The van der Waals surface area contributed by atoms with Gasteiger partial charge in [0.05, 0.1) is 0 Å². The SMILES string of the molecule is O=C(OCc1ccccc1)N1C[C@@H]2CN[C@H]2C1. The van der Waals surface area contributed by atoms with E-state index in [2.05, 4.69) is 5.32 Å². The van der Waals surface area contributed by atoms with Crippen LogP contribution in [-0.2, 0) is 11.3 Å². The van der Waals surface area contributed by atoms with E-state index in [1.54, 1.807) is 4.90 Å².